The van der Waals surface area contributed by atoms with Gasteiger partial charge in [-0.1, -0.05) is 6.92 Å². The van der Waals surface area contributed by atoms with E-state index in [1.807, 2.05) is 13.8 Å². The summed E-state index contributed by atoms with van der Waals surface area (Å²) in [6.45, 7) is 6.01. The van der Waals surface area contributed by atoms with Gasteiger partial charge >= 0.3 is 0 Å². The SMILES string of the molecule is CC[C@H](O)CN1CCC(NS(=O)(=O)c2cnc3c(c2)c(C)nn3C)CC1. The van der Waals surface area contributed by atoms with Crippen LogP contribution in [0.3, 0.4) is 0 Å². The molecule has 1 aliphatic rings. The number of sulfonamides is 1. The zero-order chi connectivity index (χ0) is 18.9. The number of hydrogen-bond acceptors (Lipinski definition) is 6. The molecule has 0 saturated carbocycles. The highest BCUT2D eigenvalue weighted by molar-refractivity contribution is 7.89. The Hall–Kier alpha value is -1.55. The van der Waals surface area contributed by atoms with Crippen LogP contribution in [-0.2, 0) is 17.1 Å². The first-order chi connectivity index (χ1) is 12.3. The third-order valence-electron chi connectivity index (χ3n) is 5.00. The number of β-amino-alcohol motifs (C(OH)–C–C–N with tert-alkyl or cyclic N) is 1. The van der Waals surface area contributed by atoms with Crippen molar-refractivity contribution in [3.8, 4) is 0 Å². The number of fused-ring (bicyclic) bond motifs is 1. The van der Waals surface area contributed by atoms with Crippen molar-refractivity contribution in [3.63, 3.8) is 0 Å². The number of aromatic nitrogens is 3. The topological polar surface area (TPSA) is 100 Å². The molecule has 0 spiro atoms. The van der Waals surface area contributed by atoms with Crippen LogP contribution < -0.4 is 4.72 Å². The van der Waals surface area contributed by atoms with Gasteiger partial charge in [0.25, 0.3) is 0 Å². The summed E-state index contributed by atoms with van der Waals surface area (Å²) in [6.07, 6.45) is 3.27. The van der Waals surface area contributed by atoms with Crippen LogP contribution in [0.25, 0.3) is 11.0 Å². The van der Waals surface area contributed by atoms with E-state index in [-0.39, 0.29) is 17.0 Å². The maximum absolute atomic E-state index is 12.7. The number of aliphatic hydroxyl groups excluding tert-OH is 1. The lowest BCUT2D eigenvalue weighted by atomic mass is 10.1. The fourth-order valence-corrected chi connectivity index (χ4v) is 4.66. The van der Waals surface area contributed by atoms with Crippen LogP contribution in [0.15, 0.2) is 17.2 Å². The molecule has 8 nitrogen and oxygen atoms in total. The molecule has 2 aromatic heterocycles. The molecule has 3 heterocycles. The van der Waals surface area contributed by atoms with Crippen LogP contribution in [0.5, 0.6) is 0 Å². The molecule has 1 aliphatic heterocycles. The molecule has 1 atom stereocenters. The van der Waals surface area contributed by atoms with Gasteiger partial charge in [-0.2, -0.15) is 5.10 Å². The van der Waals surface area contributed by atoms with Crippen molar-refractivity contribution in [2.45, 2.75) is 50.2 Å². The lowest BCUT2D eigenvalue weighted by molar-refractivity contribution is 0.0935. The van der Waals surface area contributed by atoms with Gasteiger partial charge < -0.3 is 10.0 Å². The van der Waals surface area contributed by atoms with Gasteiger partial charge in [-0.3, -0.25) is 4.68 Å². The lowest BCUT2D eigenvalue weighted by Gasteiger charge is -2.33. The van der Waals surface area contributed by atoms with Gasteiger partial charge in [-0.15, -0.1) is 0 Å². The summed E-state index contributed by atoms with van der Waals surface area (Å²) < 4.78 is 29.9. The van der Waals surface area contributed by atoms with Crippen LogP contribution in [-0.4, -0.2) is 65.0 Å². The fraction of sp³-hybridized carbons (Fsp3) is 0.647. The summed E-state index contributed by atoms with van der Waals surface area (Å²) >= 11 is 0. The molecule has 0 aromatic carbocycles. The normalized spacial score (nSPS) is 18.5. The van der Waals surface area contributed by atoms with Crippen LogP contribution in [0.2, 0.25) is 0 Å². The second kappa shape index (κ2) is 7.59. The first kappa shape index (κ1) is 19.2. The second-order valence-corrected chi connectivity index (χ2v) is 8.72. The standard InChI is InChI=1S/C17H27N5O3S/c1-4-14(23)11-22-7-5-13(6-8-22)20-26(24,25)15-9-16-12(2)19-21(3)17(16)18-10-15/h9-10,13-14,20,23H,4-8,11H2,1-3H3/t14-/m0/s1. The Labute approximate surface area is 154 Å². The molecule has 0 unspecified atom stereocenters. The van der Waals surface area contributed by atoms with Gasteiger partial charge in [0.1, 0.15) is 4.90 Å². The van der Waals surface area contributed by atoms with Gasteiger partial charge in [0.2, 0.25) is 10.0 Å². The van der Waals surface area contributed by atoms with E-state index in [0.29, 0.717) is 12.2 Å². The summed E-state index contributed by atoms with van der Waals surface area (Å²) in [6, 6.07) is 1.54. The number of piperidine rings is 1. The quantitative estimate of drug-likeness (QED) is 0.767. The predicted molar refractivity (Wildman–Crippen MR) is 99.3 cm³/mol. The van der Waals surface area contributed by atoms with Crippen molar-refractivity contribution < 1.29 is 13.5 Å². The summed E-state index contributed by atoms with van der Waals surface area (Å²) in [5.74, 6) is 0. The maximum Gasteiger partial charge on any atom is 0.242 e. The number of aryl methyl sites for hydroxylation is 2. The minimum Gasteiger partial charge on any atom is -0.392 e. The fourth-order valence-electron chi connectivity index (χ4n) is 3.38. The van der Waals surface area contributed by atoms with E-state index in [1.54, 1.807) is 17.8 Å². The molecule has 1 saturated heterocycles. The van der Waals surface area contributed by atoms with Crippen LogP contribution in [0, 0.1) is 6.92 Å². The Bertz CT molecular complexity index is 872. The summed E-state index contributed by atoms with van der Waals surface area (Å²) in [5, 5.41) is 14.8. The van der Waals surface area contributed by atoms with E-state index in [2.05, 4.69) is 19.7 Å². The number of hydrogen-bond donors (Lipinski definition) is 2. The molecule has 0 amide bonds. The summed E-state index contributed by atoms with van der Waals surface area (Å²) in [4.78, 5) is 6.62. The number of nitrogens with one attached hydrogen (secondary N) is 1. The Morgan fingerprint density at radius 2 is 2.08 bits per heavy atom. The van der Waals surface area contributed by atoms with Crippen molar-refractivity contribution in [1.82, 2.24) is 24.4 Å². The van der Waals surface area contributed by atoms with Crippen molar-refractivity contribution in [1.29, 1.82) is 0 Å². The zero-order valence-corrected chi connectivity index (χ0v) is 16.3. The molecule has 3 rings (SSSR count). The number of aliphatic hydroxyl groups is 1. The van der Waals surface area contributed by atoms with Gasteiger partial charge in [0.15, 0.2) is 5.65 Å². The average molecular weight is 382 g/mol. The van der Waals surface area contributed by atoms with Gasteiger partial charge in [-0.05, 0) is 45.3 Å². The molecular formula is C17H27N5O3S. The van der Waals surface area contributed by atoms with Crippen LogP contribution in [0.4, 0.5) is 0 Å². The van der Waals surface area contributed by atoms with Crippen LogP contribution in [0.1, 0.15) is 31.9 Å². The van der Waals surface area contributed by atoms with Crippen LogP contribution >= 0.6 is 0 Å². The van der Waals surface area contributed by atoms with Gasteiger partial charge in [-0.25, -0.2) is 18.1 Å². The average Bonchev–Trinajstić information content (AvgIpc) is 2.90. The summed E-state index contributed by atoms with van der Waals surface area (Å²) in [7, 11) is -1.83. The van der Waals surface area contributed by atoms with E-state index in [4.69, 9.17) is 0 Å². The largest absolute Gasteiger partial charge is 0.392 e. The highest BCUT2D eigenvalue weighted by Crippen LogP contribution is 2.20. The molecule has 2 N–H and O–H groups in total. The van der Waals surface area contributed by atoms with E-state index >= 15 is 0 Å². The molecule has 9 heteroatoms. The van der Waals surface area contributed by atoms with E-state index in [1.165, 1.54) is 6.20 Å². The molecule has 0 radical (unpaired) electrons. The number of pyridine rings is 1. The molecule has 2 aromatic rings. The number of rotatable bonds is 6. The smallest absolute Gasteiger partial charge is 0.242 e. The second-order valence-electron chi connectivity index (χ2n) is 7.01. The first-order valence-corrected chi connectivity index (χ1v) is 10.5. The van der Waals surface area contributed by atoms with E-state index < -0.39 is 10.0 Å². The highest BCUT2D eigenvalue weighted by atomic mass is 32.2. The number of likely N-dealkylation sites (tertiary alicyclic amines) is 1. The third-order valence-corrected chi connectivity index (χ3v) is 6.49. The van der Waals surface area contributed by atoms with Crippen molar-refractivity contribution in [2.24, 2.45) is 7.05 Å². The highest BCUT2D eigenvalue weighted by Gasteiger charge is 2.26. The minimum absolute atomic E-state index is 0.0966. The predicted octanol–water partition coefficient (Wildman–Crippen LogP) is 0.790. The molecule has 26 heavy (non-hydrogen) atoms. The first-order valence-electron chi connectivity index (χ1n) is 9.02. The van der Waals surface area contributed by atoms with Crippen molar-refractivity contribution >= 4 is 21.1 Å². The molecule has 0 bridgehead atoms. The minimum atomic E-state index is -3.62. The van der Waals surface area contributed by atoms with Crippen molar-refractivity contribution in [2.75, 3.05) is 19.6 Å². The van der Waals surface area contributed by atoms with Gasteiger partial charge in [0.05, 0.1) is 11.8 Å². The molecular weight excluding hydrogens is 354 g/mol. The Balaban J connectivity index is 1.67. The lowest BCUT2D eigenvalue weighted by Crippen LogP contribution is -2.46. The Morgan fingerprint density at radius 3 is 2.73 bits per heavy atom. The zero-order valence-electron chi connectivity index (χ0n) is 15.5. The Kier molecular flexibility index (Phi) is 5.61. The molecule has 1 fully saturated rings. The van der Waals surface area contributed by atoms with E-state index in [9.17, 15) is 13.5 Å². The van der Waals surface area contributed by atoms with E-state index in [0.717, 1.165) is 43.4 Å². The Morgan fingerprint density at radius 1 is 1.38 bits per heavy atom. The maximum atomic E-state index is 12.7. The van der Waals surface area contributed by atoms with Gasteiger partial charge in [0, 0.05) is 31.2 Å². The summed E-state index contributed by atoms with van der Waals surface area (Å²) in [5.41, 5.74) is 1.43. The number of nitrogens with zero attached hydrogens (tertiary/aromatic N) is 4. The molecule has 144 valence electrons. The van der Waals surface area contributed by atoms with Crippen molar-refractivity contribution in [3.05, 3.63) is 18.0 Å². The third kappa shape index (κ3) is 4.06. The monoisotopic (exact) mass is 381 g/mol. The molecule has 0 aliphatic carbocycles.